The first-order valence-corrected chi connectivity index (χ1v) is 6.38. The molecule has 0 aliphatic carbocycles. The number of benzene rings is 1. The van der Waals surface area contributed by atoms with Crippen molar-refractivity contribution < 1.29 is 9.53 Å². The van der Waals surface area contributed by atoms with Crippen LogP contribution in [0.5, 0.6) is 5.75 Å². The number of methoxy groups -OCH3 is 1. The molecule has 0 saturated heterocycles. The van der Waals surface area contributed by atoms with Gasteiger partial charge in [-0.15, -0.1) is 0 Å². The topological polar surface area (TPSA) is 63.2 Å². The van der Waals surface area contributed by atoms with E-state index in [1.165, 1.54) is 0 Å². The maximum absolute atomic E-state index is 12.1. The van der Waals surface area contributed by atoms with Gasteiger partial charge in [0.1, 0.15) is 11.4 Å². The summed E-state index contributed by atoms with van der Waals surface area (Å²) < 4.78 is 5.12. The van der Waals surface area contributed by atoms with Gasteiger partial charge in [-0.25, -0.2) is 0 Å². The van der Waals surface area contributed by atoms with Gasteiger partial charge < -0.3 is 15.4 Å². The molecule has 2 rings (SSSR count). The summed E-state index contributed by atoms with van der Waals surface area (Å²) in [7, 11) is 1.59. The van der Waals surface area contributed by atoms with Crippen LogP contribution in [0.25, 0.3) is 0 Å². The van der Waals surface area contributed by atoms with E-state index in [1.807, 2.05) is 25.1 Å². The highest BCUT2D eigenvalue weighted by atomic mass is 16.5. The first kappa shape index (κ1) is 13.9. The third-order valence-corrected chi connectivity index (χ3v) is 2.70. The molecule has 2 N–H and O–H groups in total. The summed E-state index contributed by atoms with van der Waals surface area (Å²) in [5, 5.41) is 5.94. The molecule has 1 aromatic carbocycles. The minimum absolute atomic E-state index is 0.252. The zero-order valence-corrected chi connectivity index (χ0v) is 11.5. The number of hydrogen-bond acceptors (Lipinski definition) is 4. The van der Waals surface area contributed by atoms with E-state index in [-0.39, 0.29) is 5.91 Å². The van der Waals surface area contributed by atoms with Crippen LogP contribution in [-0.4, -0.2) is 24.5 Å². The van der Waals surface area contributed by atoms with Crippen LogP contribution in [0.15, 0.2) is 42.6 Å². The summed E-state index contributed by atoms with van der Waals surface area (Å²) in [6, 6.07) is 10.7. The van der Waals surface area contributed by atoms with Crippen LogP contribution in [-0.2, 0) is 0 Å². The first-order chi connectivity index (χ1) is 9.72. The van der Waals surface area contributed by atoms with Gasteiger partial charge in [0.2, 0.25) is 0 Å². The molecular formula is C15H17N3O2. The average Bonchev–Trinajstić information content (AvgIpc) is 2.48. The Morgan fingerprint density at radius 3 is 2.85 bits per heavy atom. The lowest BCUT2D eigenvalue weighted by atomic mass is 10.2. The monoisotopic (exact) mass is 271 g/mol. The van der Waals surface area contributed by atoms with E-state index in [4.69, 9.17) is 4.74 Å². The number of carbonyl (C=O) groups is 1. The molecule has 0 unspecified atom stereocenters. The highest BCUT2D eigenvalue weighted by Gasteiger charge is 2.08. The molecule has 0 atom stereocenters. The number of anilines is 2. The fourth-order valence-electron chi connectivity index (χ4n) is 1.76. The van der Waals surface area contributed by atoms with Crippen LogP contribution in [0.4, 0.5) is 11.4 Å². The van der Waals surface area contributed by atoms with Gasteiger partial charge in [0.25, 0.3) is 5.91 Å². The van der Waals surface area contributed by atoms with Gasteiger partial charge in [-0.1, -0.05) is 6.07 Å². The summed E-state index contributed by atoms with van der Waals surface area (Å²) in [6.07, 6.45) is 1.61. The normalized spacial score (nSPS) is 9.90. The van der Waals surface area contributed by atoms with Crippen molar-refractivity contribution in [1.82, 2.24) is 4.98 Å². The Labute approximate surface area is 118 Å². The standard InChI is InChI=1S/C15H17N3O2/c1-3-16-11-7-8-17-14(10-11)15(19)18-12-5-4-6-13(9-12)20-2/h4-10H,3H2,1-2H3,(H,16,17)(H,18,19). The summed E-state index contributed by atoms with van der Waals surface area (Å²) in [4.78, 5) is 16.2. The van der Waals surface area contributed by atoms with E-state index in [0.29, 0.717) is 17.1 Å². The predicted molar refractivity (Wildman–Crippen MR) is 79.3 cm³/mol. The minimum Gasteiger partial charge on any atom is -0.497 e. The Morgan fingerprint density at radius 1 is 1.25 bits per heavy atom. The first-order valence-electron chi connectivity index (χ1n) is 6.38. The minimum atomic E-state index is -0.252. The smallest absolute Gasteiger partial charge is 0.274 e. The molecule has 5 nitrogen and oxygen atoms in total. The Balaban J connectivity index is 2.12. The molecule has 2 aromatic rings. The Hall–Kier alpha value is -2.56. The Kier molecular flexibility index (Phi) is 4.55. The number of ether oxygens (including phenoxy) is 1. The number of amides is 1. The fraction of sp³-hybridized carbons (Fsp3) is 0.200. The molecule has 20 heavy (non-hydrogen) atoms. The molecule has 0 saturated carbocycles. The molecule has 1 amide bonds. The Morgan fingerprint density at radius 2 is 2.10 bits per heavy atom. The maximum Gasteiger partial charge on any atom is 0.274 e. The molecule has 5 heteroatoms. The Bertz CT molecular complexity index is 599. The molecule has 0 fully saturated rings. The summed E-state index contributed by atoms with van der Waals surface area (Å²) in [5.74, 6) is 0.440. The highest BCUT2D eigenvalue weighted by molar-refractivity contribution is 6.03. The maximum atomic E-state index is 12.1. The van der Waals surface area contributed by atoms with Gasteiger partial charge in [0, 0.05) is 30.2 Å². The third-order valence-electron chi connectivity index (χ3n) is 2.70. The summed E-state index contributed by atoms with van der Waals surface area (Å²) in [5.41, 5.74) is 1.91. The quantitative estimate of drug-likeness (QED) is 0.877. The molecule has 0 spiro atoms. The van der Waals surface area contributed by atoms with Gasteiger partial charge in [-0.2, -0.15) is 0 Å². The van der Waals surface area contributed by atoms with Gasteiger partial charge in [0.05, 0.1) is 7.11 Å². The van der Waals surface area contributed by atoms with Crippen LogP contribution in [0.3, 0.4) is 0 Å². The van der Waals surface area contributed by atoms with E-state index < -0.39 is 0 Å². The van der Waals surface area contributed by atoms with E-state index in [1.54, 1.807) is 31.5 Å². The molecule has 1 heterocycles. The molecule has 0 bridgehead atoms. The number of pyridine rings is 1. The summed E-state index contributed by atoms with van der Waals surface area (Å²) >= 11 is 0. The SMILES string of the molecule is CCNc1ccnc(C(=O)Nc2cccc(OC)c2)c1. The highest BCUT2D eigenvalue weighted by Crippen LogP contribution is 2.17. The van der Waals surface area contributed by atoms with Gasteiger partial charge >= 0.3 is 0 Å². The second-order valence-corrected chi connectivity index (χ2v) is 4.15. The van der Waals surface area contributed by atoms with E-state index in [2.05, 4.69) is 15.6 Å². The van der Waals surface area contributed by atoms with Crippen molar-refractivity contribution in [2.24, 2.45) is 0 Å². The van der Waals surface area contributed by atoms with Crippen molar-refractivity contribution in [2.45, 2.75) is 6.92 Å². The zero-order valence-electron chi connectivity index (χ0n) is 11.5. The molecule has 0 aliphatic rings. The van der Waals surface area contributed by atoms with Crippen LogP contribution in [0, 0.1) is 0 Å². The lowest BCUT2D eigenvalue weighted by molar-refractivity contribution is 0.102. The van der Waals surface area contributed by atoms with E-state index >= 15 is 0 Å². The van der Waals surface area contributed by atoms with Gasteiger partial charge in [0.15, 0.2) is 0 Å². The average molecular weight is 271 g/mol. The number of carbonyl (C=O) groups excluding carboxylic acids is 1. The number of aromatic nitrogens is 1. The van der Waals surface area contributed by atoms with Crippen LogP contribution >= 0.6 is 0 Å². The number of nitrogens with zero attached hydrogens (tertiary/aromatic N) is 1. The number of nitrogens with one attached hydrogen (secondary N) is 2. The van der Waals surface area contributed by atoms with Crippen molar-refractivity contribution in [2.75, 3.05) is 24.3 Å². The largest absolute Gasteiger partial charge is 0.497 e. The van der Waals surface area contributed by atoms with E-state index in [9.17, 15) is 4.79 Å². The van der Waals surface area contributed by atoms with Crippen molar-refractivity contribution in [1.29, 1.82) is 0 Å². The van der Waals surface area contributed by atoms with Gasteiger partial charge in [-0.05, 0) is 31.2 Å². The van der Waals surface area contributed by atoms with Crippen molar-refractivity contribution in [3.63, 3.8) is 0 Å². The predicted octanol–water partition coefficient (Wildman–Crippen LogP) is 2.77. The molecule has 104 valence electrons. The van der Waals surface area contributed by atoms with Crippen LogP contribution in [0.1, 0.15) is 17.4 Å². The second-order valence-electron chi connectivity index (χ2n) is 4.15. The lowest BCUT2D eigenvalue weighted by Gasteiger charge is -2.08. The van der Waals surface area contributed by atoms with Crippen LogP contribution < -0.4 is 15.4 Å². The second kappa shape index (κ2) is 6.56. The van der Waals surface area contributed by atoms with Crippen molar-refractivity contribution >= 4 is 17.3 Å². The molecule has 0 aliphatic heterocycles. The lowest BCUT2D eigenvalue weighted by Crippen LogP contribution is -2.14. The van der Waals surface area contributed by atoms with Crippen molar-refractivity contribution in [3.05, 3.63) is 48.3 Å². The fourth-order valence-corrected chi connectivity index (χ4v) is 1.76. The molecular weight excluding hydrogens is 254 g/mol. The van der Waals surface area contributed by atoms with Gasteiger partial charge in [-0.3, -0.25) is 9.78 Å². The van der Waals surface area contributed by atoms with Crippen LogP contribution in [0.2, 0.25) is 0 Å². The summed E-state index contributed by atoms with van der Waals surface area (Å²) in [6.45, 7) is 2.79. The zero-order chi connectivity index (χ0) is 14.4. The molecule has 0 radical (unpaired) electrons. The molecule has 1 aromatic heterocycles. The van der Waals surface area contributed by atoms with E-state index in [0.717, 1.165) is 12.2 Å². The third kappa shape index (κ3) is 3.47. The van der Waals surface area contributed by atoms with Crippen molar-refractivity contribution in [3.8, 4) is 5.75 Å². The number of hydrogen-bond donors (Lipinski definition) is 2. The number of rotatable bonds is 5.